The van der Waals surface area contributed by atoms with Crippen molar-refractivity contribution in [1.29, 1.82) is 5.26 Å². The summed E-state index contributed by atoms with van der Waals surface area (Å²) in [5.41, 5.74) is -0.780. The summed E-state index contributed by atoms with van der Waals surface area (Å²) >= 11 is 0. The molecule has 0 aromatic carbocycles. The highest BCUT2D eigenvalue weighted by Crippen LogP contribution is 2.44. The smallest absolute Gasteiger partial charge is 0.324 e. The minimum absolute atomic E-state index is 0.0687. The van der Waals surface area contributed by atoms with E-state index in [0.29, 0.717) is 6.42 Å². The molecule has 0 saturated carbocycles. The van der Waals surface area contributed by atoms with E-state index in [1.165, 1.54) is 0 Å². The van der Waals surface area contributed by atoms with Gasteiger partial charge >= 0.3 is 7.60 Å². The van der Waals surface area contributed by atoms with Crippen molar-refractivity contribution in [2.24, 2.45) is 0 Å². The molecule has 0 rings (SSSR count). The van der Waals surface area contributed by atoms with Crippen LogP contribution in [0.5, 0.6) is 0 Å². The first-order chi connectivity index (χ1) is 4.52. The fraction of sp³-hybridized carbons (Fsp3) is 0.800. The molecule has 0 aliphatic carbocycles. The maximum absolute atomic E-state index is 10.5. The van der Waals surface area contributed by atoms with Crippen molar-refractivity contribution < 1.29 is 14.4 Å². The van der Waals surface area contributed by atoms with Gasteiger partial charge in [0.1, 0.15) is 0 Å². The van der Waals surface area contributed by atoms with Gasteiger partial charge in [-0.1, -0.05) is 6.92 Å². The second-order valence-corrected chi connectivity index (χ2v) is 3.92. The largest absolute Gasteiger partial charge is 0.329 e. The van der Waals surface area contributed by atoms with Gasteiger partial charge in [0, 0.05) is 6.42 Å². The molecule has 0 saturated heterocycles. The molecule has 5 heteroatoms. The topological polar surface area (TPSA) is 81.3 Å². The quantitative estimate of drug-likeness (QED) is 0.604. The Morgan fingerprint density at radius 1 is 1.70 bits per heavy atom. The van der Waals surface area contributed by atoms with Gasteiger partial charge in [0.2, 0.25) is 0 Å². The maximum atomic E-state index is 10.5. The SMILES string of the molecule is CCC(CC#N)P(=O)(O)O. The van der Waals surface area contributed by atoms with Gasteiger partial charge in [0.05, 0.1) is 11.7 Å². The highest BCUT2D eigenvalue weighted by atomic mass is 31.2. The zero-order chi connectivity index (χ0) is 8.20. The summed E-state index contributed by atoms with van der Waals surface area (Å²) in [4.78, 5) is 17.1. The molecular weight excluding hydrogens is 153 g/mol. The highest BCUT2D eigenvalue weighted by Gasteiger charge is 2.26. The van der Waals surface area contributed by atoms with Crippen LogP contribution in [0.1, 0.15) is 19.8 Å². The molecule has 0 radical (unpaired) electrons. The lowest BCUT2D eigenvalue weighted by molar-refractivity contribution is 0.356. The minimum Gasteiger partial charge on any atom is -0.324 e. The summed E-state index contributed by atoms with van der Waals surface area (Å²) in [5, 5.41) is 8.14. The van der Waals surface area contributed by atoms with E-state index in [0.717, 1.165) is 0 Å². The van der Waals surface area contributed by atoms with E-state index in [4.69, 9.17) is 15.0 Å². The predicted octanol–water partition coefficient (Wildman–Crippen LogP) is 0.856. The Morgan fingerprint density at radius 2 is 2.20 bits per heavy atom. The van der Waals surface area contributed by atoms with Crippen LogP contribution in [0.25, 0.3) is 0 Å². The molecule has 10 heavy (non-hydrogen) atoms. The summed E-state index contributed by atoms with van der Waals surface area (Å²) < 4.78 is 10.5. The number of nitriles is 1. The van der Waals surface area contributed by atoms with E-state index in [9.17, 15) is 4.57 Å². The number of hydrogen-bond donors (Lipinski definition) is 2. The molecule has 0 aliphatic rings. The Labute approximate surface area is 59.6 Å². The number of nitrogens with zero attached hydrogens (tertiary/aromatic N) is 1. The van der Waals surface area contributed by atoms with Crippen LogP contribution in [0, 0.1) is 11.3 Å². The van der Waals surface area contributed by atoms with E-state index in [1.807, 2.05) is 0 Å². The lowest BCUT2D eigenvalue weighted by Crippen LogP contribution is -2.05. The highest BCUT2D eigenvalue weighted by molar-refractivity contribution is 7.52. The standard InChI is InChI=1S/C5H10NO3P/c1-2-5(3-4-6)10(7,8)9/h5H,2-3H2,1H3,(H2,7,8,9). The third-order valence-corrected chi connectivity index (χ3v) is 2.77. The molecule has 0 spiro atoms. The molecule has 58 valence electrons. The fourth-order valence-electron chi connectivity index (χ4n) is 0.606. The van der Waals surface area contributed by atoms with Gasteiger partial charge in [0.15, 0.2) is 0 Å². The normalized spacial score (nSPS) is 14.2. The zero-order valence-corrected chi connectivity index (χ0v) is 6.58. The Bertz CT molecular complexity index is 180. The second-order valence-electron chi connectivity index (χ2n) is 2.01. The lowest BCUT2D eigenvalue weighted by Gasteiger charge is -2.11. The van der Waals surface area contributed by atoms with Crippen LogP contribution >= 0.6 is 7.60 Å². The summed E-state index contributed by atoms with van der Waals surface area (Å²) in [6.45, 7) is 1.65. The first-order valence-electron chi connectivity index (χ1n) is 2.94. The minimum atomic E-state index is -4.01. The molecule has 4 nitrogen and oxygen atoms in total. The molecule has 0 heterocycles. The predicted molar refractivity (Wildman–Crippen MR) is 36.4 cm³/mol. The van der Waals surface area contributed by atoms with Crippen LogP contribution in [-0.2, 0) is 4.57 Å². The van der Waals surface area contributed by atoms with Crippen LogP contribution in [0.2, 0.25) is 0 Å². The molecule has 0 aromatic rings. The van der Waals surface area contributed by atoms with Crippen molar-refractivity contribution in [1.82, 2.24) is 0 Å². The summed E-state index contributed by atoms with van der Waals surface area (Å²) in [6, 6.07) is 1.73. The Kier molecular flexibility index (Phi) is 3.59. The van der Waals surface area contributed by atoms with E-state index < -0.39 is 13.3 Å². The molecule has 1 atom stereocenters. The second kappa shape index (κ2) is 3.72. The fourth-order valence-corrected chi connectivity index (χ4v) is 1.40. The molecule has 0 aliphatic heterocycles. The Morgan fingerprint density at radius 3 is 2.30 bits per heavy atom. The lowest BCUT2D eigenvalue weighted by atomic mass is 10.3. The maximum Gasteiger partial charge on any atom is 0.329 e. The van der Waals surface area contributed by atoms with E-state index in [-0.39, 0.29) is 6.42 Å². The van der Waals surface area contributed by atoms with Crippen molar-refractivity contribution >= 4 is 7.60 Å². The van der Waals surface area contributed by atoms with E-state index in [1.54, 1.807) is 13.0 Å². The first-order valence-corrected chi connectivity index (χ1v) is 4.62. The van der Waals surface area contributed by atoms with Crippen LogP contribution in [0.4, 0.5) is 0 Å². The molecule has 0 bridgehead atoms. The van der Waals surface area contributed by atoms with Crippen molar-refractivity contribution in [2.75, 3.05) is 0 Å². The molecule has 0 amide bonds. The van der Waals surface area contributed by atoms with Crippen LogP contribution in [0.15, 0.2) is 0 Å². The summed E-state index contributed by atoms with van der Waals surface area (Å²) in [5.74, 6) is 0. The van der Waals surface area contributed by atoms with E-state index in [2.05, 4.69) is 0 Å². The molecular formula is C5H10NO3P. The van der Waals surface area contributed by atoms with Crippen LogP contribution < -0.4 is 0 Å². The number of hydrogen-bond acceptors (Lipinski definition) is 2. The zero-order valence-electron chi connectivity index (χ0n) is 5.69. The van der Waals surface area contributed by atoms with Gasteiger partial charge in [-0.3, -0.25) is 4.57 Å². The van der Waals surface area contributed by atoms with Crippen LogP contribution in [-0.4, -0.2) is 15.4 Å². The summed E-state index contributed by atoms with van der Waals surface area (Å²) in [6.07, 6.45) is 0.276. The van der Waals surface area contributed by atoms with Crippen molar-refractivity contribution in [2.45, 2.75) is 25.4 Å². The van der Waals surface area contributed by atoms with Gasteiger partial charge in [-0.2, -0.15) is 5.26 Å². The van der Waals surface area contributed by atoms with Gasteiger partial charge in [-0.15, -0.1) is 0 Å². The average molecular weight is 163 g/mol. The van der Waals surface area contributed by atoms with E-state index >= 15 is 0 Å². The number of rotatable bonds is 3. The first kappa shape index (κ1) is 9.64. The average Bonchev–Trinajstić information content (AvgIpc) is 1.80. The van der Waals surface area contributed by atoms with Crippen molar-refractivity contribution in [3.05, 3.63) is 0 Å². The summed E-state index contributed by atoms with van der Waals surface area (Å²) in [7, 11) is -4.01. The third kappa shape index (κ3) is 2.98. The van der Waals surface area contributed by atoms with Gasteiger partial charge in [0.25, 0.3) is 0 Å². The molecule has 2 N–H and O–H groups in total. The third-order valence-electron chi connectivity index (χ3n) is 1.27. The van der Waals surface area contributed by atoms with Crippen LogP contribution in [0.3, 0.4) is 0 Å². The molecule has 0 fully saturated rings. The molecule has 0 aromatic heterocycles. The van der Waals surface area contributed by atoms with Gasteiger partial charge < -0.3 is 9.79 Å². The Hall–Kier alpha value is -0.360. The van der Waals surface area contributed by atoms with Crippen molar-refractivity contribution in [3.63, 3.8) is 0 Å². The monoisotopic (exact) mass is 163 g/mol. The van der Waals surface area contributed by atoms with Crippen molar-refractivity contribution in [3.8, 4) is 6.07 Å². The van der Waals surface area contributed by atoms with Gasteiger partial charge in [-0.25, -0.2) is 0 Å². The molecule has 1 unspecified atom stereocenters. The Balaban J connectivity index is 4.11. The van der Waals surface area contributed by atoms with Gasteiger partial charge in [-0.05, 0) is 6.42 Å².